The molecule has 1 aromatic carbocycles. The van der Waals surface area contributed by atoms with Gasteiger partial charge in [-0.1, -0.05) is 6.07 Å². The first-order valence-electron chi connectivity index (χ1n) is 6.82. The number of benzene rings is 1. The number of hydrogen-bond acceptors (Lipinski definition) is 3. The molecular formula is C16H15N3O. The molecule has 0 radical (unpaired) electrons. The molecule has 0 atom stereocenters. The summed E-state index contributed by atoms with van der Waals surface area (Å²) in [5, 5.41) is 4.39. The van der Waals surface area contributed by atoms with Gasteiger partial charge in [-0.05, 0) is 48.4 Å². The van der Waals surface area contributed by atoms with Gasteiger partial charge in [0.1, 0.15) is 17.1 Å². The van der Waals surface area contributed by atoms with E-state index in [1.165, 1.54) is 11.1 Å². The van der Waals surface area contributed by atoms with E-state index in [9.17, 15) is 0 Å². The van der Waals surface area contributed by atoms with E-state index in [1.807, 2.05) is 24.4 Å². The molecule has 1 aliphatic heterocycles. The minimum absolute atomic E-state index is 0.833. The zero-order valence-electron chi connectivity index (χ0n) is 11.0. The predicted octanol–water partition coefficient (Wildman–Crippen LogP) is 3.00. The molecule has 0 unspecified atom stereocenters. The second-order valence-electron chi connectivity index (χ2n) is 5.01. The lowest BCUT2D eigenvalue weighted by Crippen LogP contribution is -2.23. The summed E-state index contributed by atoms with van der Waals surface area (Å²) in [5.41, 5.74) is 3.59. The summed E-state index contributed by atoms with van der Waals surface area (Å²) in [5.74, 6) is 1.71. The molecule has 4 rings (SSSR count). The molecule has 0 aliphatic carbocycles. The Morgan fingerprint density at radius 3 is 3.10 bits per heavy atom. The van der Waals surface area contributed by atoms with Gasteiger partial charge in [0.05, 0.1) is 5.39 Å². The number of fused-ring (bicyclic) bond motifs is 2. The van der Waals surface area contributed by atoms with Crippen LogP contribution in [-0.2, 0) is 13.0 Å². The van der Waals surface area contributed by atoms with Crippen molar-refractivity contribution in [2.45, 2.75) is 13.0 Å². The van der Waals surface area contributed by atoms with Gasteiger partial charge in [-0.15, -0.1) is 0 Å². The number of rotatable bonds is 2. The summed E-state index contributed by atoms with van der Waals surface area (Å²) in [4.78, 5) is 7.36. The molecule has 0 bridgehead atoms. The second kappa shape index (κ2) is 4.65. The van der Waals surface area contributed by atoms with E-state index in [4.69, 9.17) is 4.74 Å². The Hall–Kier alpha value is -2.33. The normalized spacial score (nSPS) is 14.2. The molecule has 3 heterocycles. The van der Waals surface area contributed by atoms with Crippen molar-refractivity contribution in [2.24, 2.45) is 0 Å². The van der Waals surface area contributed by atoms with E-state index in [0.29, 0.717) is 0 Å². The smallest absolute Gasteiger partial charge is 0.140 e. The van der Waals surface area contributed by atoms with Crippen LogP contribution in [0.3, 0.4) is 0 Å². The Labute approximate surface area is 116 Å². The zero-order valence-corrected chi connectivity index (χ0v) is 11.0. The maximum absolute atomic E-state index is 6.03. The number of ether oxygens (including phenoxy) is 1. The Bertz CT molecular complexity index is 763. The summed E-state index contributed by atoms with van der Waals surface area (Å²) >= 11 is 0. The van der Waals surface area contributed by atoms with Gasteiger partial charge in [-0.25, -0.2) is 4.98 Å². The summed E-state index contributed by atoms with van der Waals surface area (Å²) in [6.07, 6.45) is 4.72. The highest BCUT2D eigenvalue weighted by molar-refractivity contribution is 5.82. The van der Waals surface area contributed by atoms with Gasteiger partial charge in [0.15, 0.2) is 0 Å². The van der Waals surface area contributed by atoms with Crippen molar-refractivity contribution in [1.82, 2.24) is 15.3 Å². The average Bonchev–Trinajstić information content (AvgIpc) is 2.97. The van der Waals surface area contributed by atoms with Crippen molar-refractivity contribution in [3.05, 3.63) is 53.9 Å². The minimum Gasteiger partial charge on any atom is -0.457 e. The largest absolute Gasteiger partial charge is 0.457 e. The SMILES string of the molecule is c1cc(Oc2ccc3c(c2)CNCC3)c2cc[nH]c2n1. The van der Waals surface area contributed by atoms with E-state index in [-0.39, 0.29) is 0 Å². The zero-order chi connectivity index (χ0) is 13.4. The lowest BCUT2D eigenvalue weighted by molar-refractivity contribution is 0.485. The highest BCUT2D eigenvalue weighted by atomic mass is 16.5. The van der Waals surface area contributed by atoms with Gasteiger partial charge >= 0.3 is 0 Å². The van der Waals surface area contributed by atoms with Crippen molar-refractivity contribution in [2.75, 3.05) is 6.54 Å². The van der Waals surface area contributed by atoms with Crippen LogP contribution in [0, 0.1) is 0 Å². The lowest BCUT2D eigenvalue weighted by Gasteiger charge is -2.18. The Kier molecular flexibility index (Phi) is 2.67. The first-order valence-corrected chi connectivity index (χ1v) is 6.82. The molecule has 0 spiro atoms. The van der Waals surface area contributed by atoms with Crippen molar-refractivity contribution >= 4 is 11.0 Å². The number of hydrogen-bond donors (Lipinski definition) is 2. The van der Waals surface area contributed by atoms with Crippen molar-refractivity contribution in [3.63, 3.8) is 0 Å². The van der Waals surface area contributed by atoms with Crippen LogP contribution in [0.25, 0.3) is 11.0 Å². The summed E-state index contributed by atoms with van der Waals surface area (Å²) < 4.78 is 6.03. The minimum atomic E-state index is 0.833. The number of nitrogens with zero attached hydrogens (tertiary/aromatic N) is 1. The first-order chi connectivity index (χ1) is 9.90. The molecule has 4 nitrogen and oxygen atoms in total. The highest BCUT2D eigenvalue weighted by Crippen LogP contribution is 2.29. The van der Waals surface area contributed by atoms with Gasteiger partial charge in [0.2, 0.25) is 0 Å². The van der Waals surface area contributed by atoms with E-state index in [0.717, 1.165) is 42.0 Å². The molecule has 2 aromatic heterocycles. The molecule has 20 heavy (non-hydrogen) atoms. The van der Waals surface area contributed by atoms with Gasteiger partial charge < -0.3 is 15.0 Å². The van der Waals surface area contributed by atoms with E-state index in [1.54, 1.807) is 6.20 Å². The third-order valence-electron chi connectivity index (χ3n) is 3.71. The Balaban J connectivity index is 1.70. The van der Waals surface area contributed by atoms with Crippen LogP contribution >= 0.6 is 0 Å². The molecular weight excluding hydrogens is 250 g/mol. The summed E-state index contributed by atoms with van der Waals surface area (Å²) in [6, 6.07) is 10.2. The predicted molar refractivity (Wildman–Crippen MR) is 78.0 cm³/mol. The van der Waals surface area contributed by atoms with Crippen molar-refractivity contribution in [1.29, 1.82) is 0 Å². The molecule has 3 aromatic rings. The Morgan fingerprint density at radius 1 is 1.10 bits per heavy atom. The molecule has 2 N–H and O–H groups in total. The average molecular weight is 265 g/mol. The second-order valence-corrected chi connectivity index (χ2v) is 5.01. The van der Waals surface area contributed by atoms with E-state index >= 15 is 0 Å². The van der Waals surface area contributed by atoms with E-state index < -0.39 is 0 Å². The maximum Gasteiger partial charge on any atom is 0.140 e. The van der Waals surface area contributed by atoms with Crippen LogP contribution in [0.15, 0.2) is 42.7 Å². The van der Waals surface area contributed by atoms with Crippen LogP contribution in [-0.4, -0.2) is 16.5 Å². The molecule has 0 amide bonds. The van der Waals surface area contributed by atoms with Crippen LogP contribution in [0.2, 0.25) is 0 Å². The number of aromatic amines is 1. The quantitative estimate of drug-likeness (QED) is 0.749. The number of aromatic nitrogens is 2. The number of H-pyrrole nitrogens is 1. The van der Waals surface area contributed by atoms with Gasteiger partial charge in [-0.3, -0.25) is 0 Å². The molecule has 0 saturated carbocycles. The van der Waals surface area contributed by atoms with Crippen LogP contribution in [0.5, 0.6) is 11.5 Å². The molecule has 100 valence electrons. The summed E-state index contributed by atoms with van der Waals surface area (Å²) in [7, 11) is 0. The van der Waals surface area contributed by atoms with Gasteiger partial charge in [0.25, 0.3) is 0 Å². The molecule has 0 saturated heterocycles. The van der Waals surface area contributed by atoms with Gasteiger partial charge in [0, 0.05) is 18.9 Å². The molecule has 4 heteroatoms. The van der Waals surface area contributed by atoms with Crippen LogP contribution in [0.4, 0.5) is 0 Å². The third kappa shape index (κ3) is 1.94. The third-order valence-corrected chi connectivity index (χ3v) is 3.71. The highest BCUT2D eigenvalue weighted by Gasteiger charge is 2.11. The number of pyridine rings is 1. The van der Waals surface area contributed by atoms with Crippen molar-refractivity contribution in [3.8, 4) is 11.5 Å². The fourth-order valence-electron chi connectivity index (χ4n) is 2.67. The molecule has 0 fully saturated rings. The van der Waals surface area contributed by atoms with Crippen LogP contribution in [0.1, 0.15) is 11.1 Å². The summed E-state index contributed by atoms with van der Waals surface area (Å²) in [6.45, 7) is 1.98. The topological polar surface area (TPSA) is 49.9 Å². The van der Waals surface area contributed by atoms with Crippen molar-refractivity contribution < 1.29 is 4.74 Å². The fraction of sp³-hybridized carbons (Fsp3) is 0.188. The van der Waals surface area contributed by atoms with Gasteiger partial charge in [-0.2, -0.15) is 0 Å². The fourth-order valence-corrected chi connectivity index (χ4v) is 2.67. The number of nitrogens with one attached hydrogen (secondary N) is 2. The van der Waals surface area contributed by atoms with Crippen LogP contribution < -0.4 is 10.1 Å². The molecule has 1 aliphatic rings. The lowest BCUT2D eigenvalue weighted by atomic mass is 10.0. The monoisotopic (exact) mass is 265 g/mol. The Morgan fingerprint density at radius 2 is 2.10 bits per heavy atom. The first kappa shape index (κ1) is 11.5. The standard InChI is InChI=1S/C16H15N3O/c1-2-13(9-12-10-17-6-3-11(1)12)20-15-5-8-19-16-14(15)4-7-18-16/h1-2,4-5,7-9,17H,3,6,10H2,(H,18,19). The maximum atomic E-state index is 6.03. The van der Waals surface area contributed by atoms with E-state index in [2.05, 4.69) is 27.4 Å².